The van der Waals surface area contributed by atoms with Crippen molar-refractivity contribution in [3.8, 4) is 11.5 Å². The Balaban J connectivity index is 2.31. The van der Waals surface area contributed by atoms with Gasteiger partial charge in [0.25, 0.3) is 0 Å². The number of benzene rings is 2. The third-order valence-electron chi connectivity index (χ3n) is 5.96. The summed E-state index contributed by atoms with van der Waals surface area (Å²) in [5.41, 5.74) is 4.71. The van der Waals surface area contributed by atoms with Crippen LogP contribution in [0.3, 0.4) is 0 Å². The first-order valence-electron chi connectivity index (χ1n) is 11.7. The Morgan fingerprint density at radius 3 is 1.48 bits per heavy atom. The van der Waals surface area contributed by atoms with Gasteiger partial charge < -0.3 is 10.2 Å². The SMILES string of the molecule is CCCCCc1cc(C(CCCC)c2ccc(O)c(CCCCC)c2)ccc1O. The van der Waals surface area contributed by atoms with E-state index in [9.17, 15) is 10.2 Å². The van der Waals surface area contributed by atoms with Crippen LogP contribution in [0.25, 0.3) is 0 Å². The van der Waals surface area contributed by atoms with E-state index in [0.29, 0.717) is 17.4 Å². The highest BCUT2D eigenvalue weighted by molar-refractivity contribution is 5.44. The summed E-state index contributed by atoms with van der Waals surface area (Å²) < 4.78 is 0. The molecule has 2 N–H and O–H groups in total. The lowest BCUT2D eigenvalue weighted by Crippen LogP contribution is -2.04. The molecule has 160 valence electrons. The van der Waals surface area contributed by atoms with Crippen molar-refractivity contribution < 1.29 is 10.2 Å². The van der Waals surface area contributed by atoms with Crippen molar-refractivity contribution in [1.29, 1.82) is 0 Å². The lowest BCUT2D eigenvalue weighted by atomic mass is 9.84. The summed E-state index contributed by atoms with van der Waals surface area (Å²) in [6.45, 7) is 6.65. The zero-order valence-electron chi connectivity index (χ0n) is 18.7. The van der Waals surface area contributed by atoms with Crippen molar-refractivity contribution in [2.45, 2.75) is 97.3 Å². The first-order chi connectivity index (χ1) is 14.1. The third kappa shape index (κ3) is 7.10. The molecule has 2 aromatic carbocycles. The van der Waals surface area contributed by atoms with Gasteiger partial charge in [0.05, 0.1) is 0 Å². The normalized spacial score (nSPS) is 11.3. The molecule has 0 heterocycles. The van der Waals surface area contributed by atoms with Crippen molar-refractivity contribution in [3.05, 3.63) is 58.7 Å². The van der Waals surface area contributed by atoms with Gasteiger partial charge in [0, 0.05) is 5.92 Å². The van der Waals surface area contributed by atoms with E-state index in [4.69, 9.17) is 0 Å². The van der Waals surface area contributed by atoms with E-state index in [2.05, 4.69) is 45.0 Å². The quantitative estimate of drug-likeness (QED) is 0.338. The highest BCUT2D eigenvalue weighted by atomic mass is 16.3. The number of hydrogen-bond donors (Lipinski definition) is 2. The zero-order valence-corrected chi connectivity index (χ0v) is 18.7. The monoisotopic (exact) mass is 396 g/mol. The first kappa shape index (κ1) is 23.3. The highest BCUT2D eigenvalue weighted by Crippen LogP contribution is 2.35. The van der Waals surface area contributed by atoms with E-state index < -0.39 is 0 Å². The molecule has 0 aromatic heterocycles. The van der Waals surface area contributed by atoms with Crippen molar-refractivity contribution in [2.24, 2.45) is 0 Å². The molecular formula is C27H40O2. The standard InChI is InChI=1S/C27H40O2/c1-4-7-10-12-23-19-21(15-17-26(23)28)25(14-9-6-3)22-16-18-27(29)24(20-22)13-11-8-5-2/h15-20,25,28-29H,4-14H2,1-3H3. The summed E-state index contributed by atoms with van der Waals surface area (Å²) >= 11 is 0. The van der Waals surface area contributed by atoms with Crippen molar-refractivity contribution in [1.82, 2.24) is 0 Å². The average Bonchev–Trinajstić information content (AvgIpc) is 2.72. The van der Waals surface area contributed by atoms with E-state index in [1.54, 1.807) is 0 Å². The fraction of sp³-hybridized carbons (Fsp3) is 0.556. The van der Waals surface area contributed by atoms with Crippen LogP contribution < -0.4 is 0 Å². The van der Waals surface area contributed by atoms with E-state index in [1.807, 2.05) is 12.1 Å². The Labute approximate surface area is 178 Å². The van der Waals surface area contributed by atoms with Crippen LogP contribution in [-0.2, 0) is 12.8 Å². The highest BCUT2D eigenvalue weighted by Gasteiger charge is 2.17. The molecule has 2 aromatic rings. The fourth-order valence-electron chi connectivity index (χ4n) is 4.11. The molecule has 0 atom stereocenters. The zero-order chi connectivity index (χ0) is 21.1. The number of aryl methyl sites for hydroxylation is 2. The fourth-order valence-corrected chi connectivity index (χ4v) is 4.11. The lowest BCUT2D eigenvalue weighted by Gasteiger charge is -2.21. The number of rotatable bonds is 13. The van der Waals surface area contributed by atoms with Gasteiger partial charge in [-0.3, -0.25) is 0 Å². The number of hydrogen-bond acceptors (Lipinski definition) is 2. The van der Waals surface area contributed by atoms with Gasteiger partial charge >= 0.3 is 0 Å². The van der Waals surface area contributed by atoms with E-state index in [-0.39, 0.29) is 0 Å². The summed E-state index contributed by atoms with van der Waals surface area (Å²) in [7, 11) is 0. The molecule has 0 saturated carbocycles. The Bertz CT molecular complexity index is 676. The van der Waals surface area contributed by atoms with Gasteiger partial charge in [0.15, 0.2) is 0 Å². The van der Waals surface area contributed by atoms with E-state index >= 15 is 0 Å². The maximum absolute atomic E-state index is 10.3. The molecule has 0 unspecified atom stereocenters. The lowest BCUT2D eigenvalue weighted by molar-refractivity contribution is 0.465. The molecule has 0 amide bonds. The molecule has 0 saturated heterocycles. The van der Waals surface area contributed by atoms with Gasteiger partial charge in [-0.25, -0.2) is 0 Å². The summed E-state index contributed by atoms with van der Waals surface area (Å²) in [6, 6.07) is 12.4. The molecule has 0 aliphatic heterocycles. The minimum Gasteiger partial charge on any atom is -0.508 e. The van der Waals surface area contributed by atoms with Gasteiger partial charge in [-0.15, -0.1) is 0 Å². The second-order valence-electron chi connectivity index (χ2n) is 8.39. The Kier molecular flexibility index (Phi) is 10.1. The predicted octanol–water partition coefficient (Wildman–Crippen LogP) is 7.89. The van der Waals surface area contributed by atoms with E-state index in [1.165, 1.54) is 49.7 Å². The summed E-state index contributed by atoms with van der Waals surface area (Å²) in [4.78, 5) is 0. The van der Waals surface area contributed by atoms with Crippen LogP contribution in [0.1, 0.15) is 107 Å². The molecule has 0 aliphatic rings. The second-order valence-corrected chi connectivity index (χ2v) is 8.39. The molecule has 0 aliphatic carbocycles. The molecule has 0 radical (unpaired) electrons. The Morgan fingerprint density at radius 2 is 1.07 bits per heavy atom. The van der Waals surface area contributed by atoms with Crippen molar-refractivity contribution >= 4 is 0 Å². The molecular weight excluding hydrogens is 356 g/mol. The summed E-state index contributed by atoms with van der Waals surface area (Å²) in [5, 5.41) is 20.7. The summed E-state index contributed by atoms with van der Waals surface area (Å²) in [6.07, 6.45) is 12.3. The second kappa shape index (κ2) is 12.6. The number of phenols is 2. The van der Waals surface area contributed by atoms with Gasteiger partial charge in [0.2, 0.25) is 0 Å². The largest absolute Gasteiger partial charge is 0.508 e. The maximum atomic E-state index is 10.3. The van der Waals surface area contributed by atoms with Crippen molar-refractivity contribution in [2.75, 3.05) is 0 Å². The molecule has 2 rings (SSSR count). The minimum atomic E-state index is 0.311. The average molecular weight is 397 g/mol. The molecule has 29 heavy (non-hydrogen) atoms. The van der Waals surface area contributed by atoms with Gasteiger partial charge in [0.1, 0.15) is 11.5 Å². The molecule has 2 heteroatoms. The Morgan fingerprint density at radius 1 is 0.621 bits per heavy atom. The van der Waals surface area contributed by atoms with Crippen molar-refractivity contribution in [3.63, 3.8) is 0 Å². The van der Waals surface area contributed by atoms with Gasteiger partial charge in [-0.1, -0.05) is 83.6 Å². The van der Waals surface area contributed by atoms with E-state index in [0.717, 1.165) is 43.2 Å². The summed E-state index contributed by atoms with van der Waals surface area (Å²) in [5.74, 6) is 1.15. The Hall–Kier alpha value is -1.96. The van der Waals surface area contributed by atoms with Crippen LogP contribution in [-0.4, -0.2) is 10.2 Å². The van der Waals surface area contributed by atoms with Crippen LogP contribution in [0.4, 0.5) is 0 Å². The van der Waals surface area contributed by atoms with Gasteiger partial charge in [-0.05, 0) is 66.5 Å². The molecule has 0 bridgehead atoms. The maximum Gasteiger partial charge on any atom is 0.118 e. The topological polar surface area (TPSA) is 40.5 Å². The molecule has 0 fully saturated rings. The van der Waals surface area contributed by atoms with Crippen LogP contribution in [0.15, 0.2) is 36.4 Å². The predicted molar refractivity (Wildman–Crippen MR) is 124 cm³/mol. The minimum absolute atomic E-state index is 0.311. The molecule has 0 spiro atoms. The number of unbranched alkanes of at least 4 members (excludes halogenated alkanes) is 5. The van der Waals surface area contributed by atoms with Gasteiger partial charge in [-0.2, -0.15) is 0 Å². The van der Waals surface area contributed by atoms with Crippen LogP contribution in [0.2, 0.25) is 0 Å². The molecule has 2 nitrogen and oxygen atoms in total. The number of aromatic hydroxyl groups is 2. The smallest absolute Gasteiger partial charge is 0.118 e. The van der Waals surface area contributed by atoms with Crippen LogP contribution in [0, 0.1) is 0 Å². The van der Waals surface area contributed by atoms with Crippen LogP contribution >= 0.6 is 0 Å². The third-order valence-corrected chi connectivity index (χ3v) is 5.96. The first-order valence-corrected chi connectivity index (χ1v) is 11.7. The van der Waals surface area contributed by atoms with Crippen LogP contribution in [0.5, 0.6) is 11.5 Å². The number of phenolic OH excluding ortho intramolecular Hbond substituents is 2.